The van der Waals surface area contributed by atoms with Gasteiger partial charge in [0, 0.05) is 25.7 Å². The summed E-state index contributed by atoms with van der Waals surface area (Å²) in [4.78, 5) is 72.5. The van der Waals surface area contributed by atoms with Crippen molar-refractivity contribution < 1.29 is 80.2 Å². The van der Waals surface area contributed by atoms with Crippen LogP contribution in [0.25, 0.3) is 0 Å². The van der Waals surface area contributed by atoms with Crippen LogP contribution in [0.3, 0.4) is 0 Å². The molecule has 0 bridgehead atoms. The maximum atomic E-state index is 13.1. The van der Waals surface area contributed by atoms with Gasteiger partial charge < -0.3 is 33.8 Å². The average molecular weight is 1410 g/mol. The smallest absolute Gasteiger partial charge is 0.462 e. The number of rotatable bonds is 76. The Balaban J connectivity index is 5.10. The lowest BCUT2D eigenvalue weighted by Gasteiger charge is -2.21. The lowest BCUT2D eigenvalue weighted by molar-refractivity contribution is -0.161. The summed E-state index contributed by atoms with van der Waals surface area (Å²) in [7, 11) is -9.90. The Morgan fingerprint density at radius 3 is 0.792 bits per heavy atom. The molecule has 0 spiro atoms. The number of carbonyl (C=O) groups is 4. The number of phosphoric ester groups is 2. The molecule has 3 N–H and O–H groups in total. The van der Waals surface area contributed by atoms with Crippen molar-refractivity contribution in [3.05, 3.63) is 0 Å². The molecule has 570 valence electrons. The van der Waals surface area contributed by atoms with E-state index in [1.807, 2.05) is 0 Å². The zero-order valence-electron chi connectivity index (χ0n) is 62.7. The molecule has 0 saturated heterocycles. The zero-order valence-corrected chi connectivity index (χ0v) is 64.5. The molecule has 19 heteroatoms. The lowest BCUT2D eigenvalue weighted by atomic mass is 9.99. The third-order valence-corrected chi connectivity index (χ3v) is 20.2. The van der Waals surface area contributed by atoms with Crippen LogP contribution in [0.15, 0.2) is 0 Å². The summed E-state index contributed by atoms with van der Waals surface area (Å²) < 4.78 is 68.2. The minimum atomic E-state index is -4.96. The van der Waals surface area contributed by atoms with Gasteiger partial charge in [0.2, 0.25) is 0 Å². The molecule has 0 aromatic carbocycles. The molecule has 0 radical (unpaired) electrons. The monoisotopic (exact) mass is 1410 g/mol. The van der Waals surface area contributed by atoms with E-state index in [1.54, 1.807) is 0 Å². The van der Waals surface area contributed by atoms with E-state index in [1.165, 1.54) is 212 Å². The molecule has 0 fully saturated rings. The summed E-state index contributed by atoms with van der Waals surface area (Å²) >= 11 is 0. The summed E-state index contributed by atoms with van der Waals surface area (Å²) in [6.07, 6.45) is 57.6. The highest BCUT2D eigenvalue weighted by atomic mass is 31.2. The number of hydrogen-bond acceptors (Lipinski definition) is 15. The van der Waals surface area contributed by atoms with Crippen molar-refractivity contribution in [2.24, 2.45) is 11.8 Å². The summed E-state index contributed by atoms with van der Waals surface area (Å²) in [5.41, 5.74) is 0. The number of carbonyl (C=O) groups excluding carboxylic acids is 4. The number of hydrogen-bond donors (Lipinski definition) is 3. The van der Waals surface area contributed by atoms with Crippen LogP contribution in [0.5, 0.6) is 0 Å². The van der Waals surface area contributed by atoms with E-state index in [0.29, 0.717) is 31.6 Å². The van der Waals surface area contributed by atoms with E-state index < -0.39 is 97.5 Å². The number of aliphatic hydroxyl groups is 1. The molecule has 6 atom stereocenters. The van der Waals surface area contributed by atoms with E-state index in [0.717, 1.165) is 102 Å². The maximum Gasteiger partial charge on any atom is 0.472 e. The van der Waals surface area contributed by atoms with Crippen molar-refractivity contribution in [2.45, 2.75) is 419 Å². The van der Waals surface area contributed by atoms with Gasteiger partial charge in [0.05, 0.1) is 26.4 Å². The number of phosphoric acid groups is 2. The Morgan fingerprint density at radius 1 is 0.302 bits per heavy atom. The fraction of sp³-hybridized carbons (Fsp3) is 0.948. The van der Waals surface area contributed by atoms with Crippen molar-refractivity contribution in [3.8, 4) is 0 Å². The highest BCUT2D eigenvalue weighted by Crippen LogP contribution is 2.45. The predicted molar refractivity (Wildman–Crippen MR) is 391 cm³/mol. The summed E-state index contributed by atoms with van der Waals surface area (Å²) in [6, 6.07) is 0. The molecule has 3 unspecified atom stereocenters. The van der Waals surface area contributed by atoms with E-state index in [4.69, 9.17) is 37.0 Å². The number of esters is 4. The first-order valence-corrected chi connectivity index (χ1v) is 43.0. The fourth-order valence-electron chi connectivity index (χ4n) is 11.8. The van der Waals surface area contributed by atoms with E-state index >= 15 is 0 Å². The van der Waals surface area contributed by atoms with Crippen LogP contribution in [0.2, 0.25) is 0 Å². The number of ether oxygens (including phenoxy) is 4. The standard InChI is InChI=1S/C77H150O17P2/c1-7-10-12-14-15-16-17-18-19-20-21-25-28-31-34-37-42-48-54-60-75(80)88-66-73(94-76(81)61-55-49-43-38-35-32-29-26-23-22-24-27-30-33-36-41-47-52-58-70(6)9-3)68-92-96(85,86)90-64-71(78)63-89-95(83,84)91-67-72(65-87-74(79)59-53-45-13-11-8-2)93-77(82)62-56-50-44-39-40-46-51-57-69(4)5/h69-73,78H,7-68H2,1-6H3,(H,83,84)(H,85,86)/t70?,71-,72+,73+/m0/s1. The normalized spacial score (nSPS) is 14.3. The van der Waals surface area contributed by atoms with Gasteiger partial charge in [0.15, 0.2) is 12.2 Å². The van der Waals surface area contributed by atoms with Crippen LogP contribution < -0.4 is 0 Å². The first-order valence-electron chi connectivity index (χ1n) is 40.0. The number of unbranched alkanes of at least 4 members (excludes halogenated alkanes) is 45. The highest BCUT2D eigenvalue weighted by Gasteiger charge is 2.30. The van der Waals surface area contributed by atoms with Gasteiger partial charge in [-0.3, -0.25) is 37.3 Å². The van der Waals surface area contributed by atoms with Gasteiger partial charge >= 0.3 is 39.5 Å². The van der Waals surface area contributed by atoms with Gasteiger partial charge in [-0.15, -0.1) is 0 Å². The van der Waals surface area contributed by atoms with Crippen molar-refractivity contribution >= 4 is 39.5 Å². The Labute approximate surface area is 588 Å². The first kappa shape index (κ1) is 94.1. The van der Waals surface area contributed by atoms with Crippen LogP contribution in [-0.2, 0) is 65.4 Å². The second-order valence-corrected chi connectivity index (χ2v) is 31.4. The minimum absolute atomic E-state index is 0.103. The van der Waals surface area contributed by atoms with E-state index in [-0.39, 0.29) is 25.7 Å². The summed E-state index contributed by atoms with van der Waals surface area (Å²) in [5.74, 6) is -0.563. The average Bonchev–Trinajstić information content (AvgIpc) is 1.56. The Kier molecular flexibility index (Phi) is 67.4. The molecule has 0 rings (SSSR count). The maximum absolute atomic E-state index is 13.1. The first-order chi connectivity index (χ1) is 46.4. The summed E-state index contributed by atoms with van der Waals surface area (Å²) in [5, 5.41) is 10.6. The van der Waals surface area contributed by atoms with E-state index in [9.17, 15) is 43.2 Å². The quantitative estimate of drug-likeness (QED) is 0.0222. The minimum Gasteiger partial charge on any atom is -0.462 e. The topological polar surface area (TPSA) is 237 Å². The molecule has 0 aromatic rings. The van der Waals surface area contributed by atoms with Crippen molar-refractivity contribution in [3.63, 3.8) is 0 Å². The van der Waals surface area contributed by atoms with Gasteiger partial charge in [-0.1, -0.05) is 350 Å². The molecule has 0 aliphatic heterocycles. The molecular formula is C77H150O17P2. The second-order valence-electron chi connectivity index (χ2n) is 28.5. The van der Waals surface area contributed by atoms with Gasteiger partial charge in [0.1, 0.15) is 19.3 Å². The Bertz CT molecular complexity index is 1860. The number of aliphatic hydroxyl groups excluding tert-OH is 1. The van der Waals surface area contributed by atoms with Crippen LogP contribution in [0.1, 0.15) is 401 Å². The van der Waals surface area contributed by atoms with E-state index in [2.05, 4.69) is 41.5 Å². The summed E-state index contributed by atoms with van der Waals surface area (Å²) in [6.45, 7) is 9.50. The molecule has 0 aromatic heterocycles. The van der Waals surface area contributed by atoms with Crippen molar-refractivity contribution in [2.75, 3.05) is 39.6 Å². The fourth-order valence-corrected chi connectivity index (χ4v) is 13.4. The SMILES string of the molecule is CCCCCCCCCCCCCCCCCCCCCC(=O)OC[C@H](COP(=O)(O)OC[C@@H](O)COP(=O)(O)OC[C@@H](COC(=O)CCCCCCC)OC(=O)CCCCCCCCCC(C)C)OC(=O)CCCCCCCCCCCCCCCCCCCCC(C)CC. The van der Waals surface area contributed by atoms with Crippen LogP contribution in [0, 0.1) is 11.8 Å². The van der Waals surface area contributed by atoms with Gasteiger partial charge in [-0.05, 0) is 37.5 Å². The van der Waals surface area contributed by atoms with Crippen LogP contribution in [0.4, 0.5) is 0 Å². The van der Waals surface area contributed by atoms with Gasteiger partial charge in [0.25, 0.3) is 0 Å². The molecule has 96 heavy (non-hydrogen) atoms. The lowest BCUT2D eigenvalue weighted by Crippen LogP contribution is -2.30. The molecule has 0 aliphatic rings. The third-order valence-electron chi connectivity index (χ3n) is 18.3. The predicted octanol–water partition coefficient (Wildman–Crippen LogP) is 22.7. The molecular weight excluding hydrogens is 1260 g/mol. The third kappa shape index (κ3) is 69.2. The highest BCUT2D eigenvalue weighted by molar-refractivity contribution is 7.47. The Morgan fingerprint density at radius 2 is 0.531 bits per heavy atom. The van der Waals surface area contributed by atoms with Gasteiger partial charge in [-0.2, -0.15) is 0 Å². The van der Waals surface area contributed by atoms with Crippen LogP contribution in [-0.4, -0.2) is 96.7 Å². The van der Waals surface area contributed by atoms with Crippen LogP contribution >= 0.6 is 15.6 Å². The largest absolute Gasteiger partial charge is 0.472 e. The molecule has 0 heterocycles. The molecule has 0 aliphatic carbocycles. The van der Waals surface area contributed by atoms with Gasteiger partial charge in [-0.25, -0.2) is 9.13 Å². The Hall–Kier alpha value is -1.94. The van der Waals surface area contributed by atoms with Crippen molar-refractivity contribution in [1.29, 1.82) is 0 Å². The molecule has 0 saturated carbocycles. The second kappa shape index (κ2) is 68.8. The molecule has 17 nitrogen and oxygen atoms in total. The van der Waals surface area contributed by atoms with Crippen molar-refractivity contribution in [1.82, 2.24) is 0 Å². The molecule has 0 amide bonds. The zero-order chi connectivity index (χ0) is 70.7.